The first-order valence-corrected chi connectivity index (χ1v) is 7.62. The van der Waals surface area contributed by atoms with Gasteiger partial charge in [-0.3, -0.25) is 0 Å². The molecule has 1 saturated carbocycles. The molecule has 0 bridgehead atoms. The van der Waals surface area contributed by atoms with Crippen LogP contribution in [-0.4, -0.2) is 6.54 Å². The second kappa shape index (κ2) is 6.58. The smallest absolute Gasteiger partial charge is 0.118 e. The molecule has 0 aromatic carbocycles. The van der Waals surface area contributed by atoms with Crippen LogP contribution in [0.2, 0.25) is 0 Å². The molecule has 0 spiro atoms. The number of rotatable bonds is 7. The third kappa shape index (κ3) is 4.08. The van der Waals surface area contributed by atoms with Crippen molar-refractivity contribution in [1.82, 2.24) is 5.32 Å². The molecule has 3 N–H and O–H groups in total. The van der Waals surface area contributed by atoms with Crippen LogP contribution >= 0.6 is 0 Å². The predicted molar refractivity (Wildman–Crippen MR) is 78.7 cm³/mol. The van der Waals surface area contributed by atoms with Gasteiger partial charge in [-0.05, 0) is 42.7 Å². The van der Waals surface area contributed by atoms with Crippen molar-refractivity contribution >= 4 is 0 Å². The number of hydrogen-bond acceptors (Lipinski definition) is 3. The fourth-order valence-electron chi connectivity index (χ4n) is 3.52. The zero-order valence-corrected chi connectivity index (χ0v) is 12.4. The Morgan fingerprint density at radius 3 is 2.53 bits per heavy atom. The molecule has 108 valence electrons. The van der Waals surface area contributed by atoms with E-state index in [4.69, 9.17) is 10.2 Å². The van der Waals surface area contributed by atoms with Crippen LogP contribution in [-0.2, 0) is 13.1 Å². The molecular formula is C16H28N2O. The van der Waals surface area contributed by atoms with Crippen molar-refractivity contribution in [3.05, 3.63) is 23.7 Å². The number of hydrogen-bond donors (Lipinski definition) is 2. The van der Waals surface area contributed by atoms with Gasteiger partial charge in [0.25, 0.3) is 0 Å². The summed E-state index contributed by atoms with van der Waals surface area (Å²) in [5.41, 5.74) is 6.08. The second-order valence-electron chi connectivity index (χ2n) is 6.48. The highest BCUT2D eigenvalue weighted by atomic mass is 16.3. The third-order valence-corrected chi connectivity index (χ3v) is 4.22. The Morgan fingerprint density at radius 1 is 1.26 bits per heavy atom. The summed E-state index contributed by atoms with van der Waals surface area (Å²) >= 11 is 0. The van der Waals surface area contributed by atoms with Crippen molar-refractivity contribution < 1.29 is 4.42 Å². The van der Waals surface area contributed by atoms with Crippen LogP contribution in [0.1, 0.15) is 57.5 Å². The van der Waals surface area contributed by atoms with E-state index in [1.54, 1.807) is 0 Å². The number of nitrogens with two attached hydrogens (primary N) is 1. The molecule has 1 aliphatic carbocycles. The fourth-order valence-corrected chi connectivity index (χ4v) is 3.52. The average Bonchev–Trinajstić information content (AvgIpc) is 2.98. The van der Waals surface area contributed by atoms with E-state index in [1.165, 1.54) is 32.1 Å². The lowest BCUT2D eigenvalue weighted by Crippen LogP contribution is -2.33. The molecule has 1 fully saturated rings. The number of furan rings is 1. The monoisotopic (exact) mass is 264 g/mol. The lowest BCUT2D eigenvalue weighted by molar-refractivity contribution is 0.221. The van der Waals surface area contributed by atoms with Crippen molar-refractivity contribution in [3.63, 3.8) is 0 Å². The standard InChI is InChI=1S/C16H28N2O/c1-13(2)9-16(7-3-4-8-16)12-18-11-15-6-5-14(10-17)19-15/h5-6,13,18H,3-4,7-12,17H2,1-2H3. The van der Waals surface area contributed by atoms with Crippen LogP contribution in [0.25, 0.3) is 0 Å². The van der Waals surface area contributed by atoms with Crippen LogP contribution in [0.5, 0.6) is 0 Å². The van der Waals surface area contributed by atoms with E-state index in [2.05, 4.69) is 19.2 Å². The highest BCUT2D eigenvalue weighted by molar-refractivity contribution is 5.06. The molecule has 1 aliphatic rings. The molecule has 1 aromatic heterocycles. The van der Waals surface area contributed by atoms with E-state index >= 15 is 0 Å². The minimum Gasteiger partial charge on any atom is -0.463 e. The molecule has 3 nitrogen and oxygen atoms in total. The first kappa shape index (κ1) is 14.6. The van der Waals surface area contributed by atoms with Crippen molar-refractivity contribution in [2.75, 3.05) is 6.54 Å². The van der Waals surface area contributed by atoms with Crippen molar-refractivity contribution in [1.29, 1.82) is 0 Å². The zero-order chi connectivity index (χ0) is 13.7. The molecule has 1 heterocycles. The molecule has 0 aliphatic heterocycles. The Labute approximate surface area is 116 Å². The normalized spacial score (nSPS) is 18.3. The molecule has 1 aromatic rings. The zero-order valence-electron chi connectivity index (χ0n) is 12.4. The van der Waals surface area contributed by atoms with Crippen molar-refractivity contribution in [2.24, 2.45) is 17.1 Å². The maximum absolute atomic E-state index is 5.62. The maximum atomic E-state index is 5.62. The SMILES string of the molecule is CC(C)CC1(CNCc2ccc(CN)o2)CCCC1. The van der Waals surface area contributed by atoms with Gasteiger partial charge in [-0.2, -0.15) is 0 Å². The average molecular weight is 264 g/mol. The van der Waals surface area contributed by atoms with E-state index < -0.39 is 0 Å². The van der Waals surface area contributed by atoms with Crippen LogP contribution in [0.15, 0.2) is 16.5 Å². The van der Waals surface area contributed by atoms with Crippen LogP contribution in [0, 0.1) is 11.3 Å². The Kier molecular flexibility index (Phi) is 5.06. The largest absolute Gasteiger partial charge is 0.463 e. The first-order valence-electron chi connectivity index (χ1n) is 7.62. The summed E-state index contributed by atoms with van der Waals surface area (Å²) in [7, 11) is 0. The van der Waals surface area contributed by atoms with Gasteiger partial charge < -0.3 is 15.5 Å². The summed E-state index contributed by atoms with van der Waals surface area (Å²) in [4.78, 5) is 0. The van der Waals surface area contributed by atoms with Gasteiger partial charge in [0, 0.05) is 6.54 Å². The van der Waals surface area contributed by atoms with Gasteiger partial charge in [-0.1, -0.05) is 26.7 Å². The fraction of sp³-hybridized carbons (Fsp3) is 0.750. The van der Waals surface area contributed by atoms with Crippen molar-refractivity contribution in [2.45, 2.75) is 59.0 Å². The van der Waals surface area contributed by atoms with Crippen LogP contribution in [0.3, 0.4) is 0 Å². The third-order valence-electron chi connectivity index (χ3n) is 4.22. The van der Waals surface area contributed by atoms with E-state index in [0.717, 1.165) is 30.5 Å². The highest BCUT2D eigenvalue weighted by Gasteiger charge is 2.33. The van der Waals surface area contributed by atoms with Gasteiger partial charge in [-0.15, -0.1) is 0 Å². The van der Waals surface area contributed by atoms with Gasteiger partial charge in [0.15, 0.2) is 0 Å². The van der Waals surface area contributed by atoms with Gasteiger partial charge in [0.1, 0.15) is 11.5 Å². The lowest BCUT2D eigenvalue weighted by atomic mass is 9.78. The minimum atomic E-state index is 0.483. The lowest BCUT2D eigenvalue weighted by Gasteiger charge is -2.31. The molecule has 0 radical (unpaired) electrons. The van der Waals surface area contributed by atoms with Gasteiger partial charge in [0.2, 0.25) is 0 Å². The minimum absolute atomic E-state index is 0.483. The summed E-state index contributed by atoms with van der Waals surface area (Å²) in [6, 6.07) is 4.00. The first-order chi connectivity index (χ1) is 9.13. The Balaban J connectivity index is 1.82. The molecular weight excluding hydrogens is 236 g/mol. The summed E-state index contributed by atoms with van der Waals surface area (Å²) < 4.78 is 5.62. The molecule has 2 rings (SSSR count). The van der Waals surface area contributed by atoms with E-state index in [0.29, 0.717) is 12.0 Å². The van der Waals surface area contributed by atoms with Crippen molar-refractivity contribution in [3.8, 4) is 0 Å². The number of nitrogens with one attached hydrogen (secondary N) is 1. The van der Waals surface area contributed by atoms with E-state index in [9.17, 15) is 0 Å². The summed E-state index contributed by atoms with van der Waals surface area (Å²) in [5.74, 6) is 2.65. The van der Waals surface area contributed by atoms with Crippen LogP contribution in [0.4, 0.5) is 0 Å². The molecule has 0 amide bonds. The molecule has 19 heavy (non-hydrogen) atoms. The second-order valence-corrected chi connectivity index (χ2v) is 6.48. The summed E-state index contributed by atoms with van der Waals surface area (Å²) in [5, 5.41) is 3.59. The predicted octanol–water partition coefficient (Wildman–Crippen LogP) is 3.43. The van der Waals surface area contributed by atoms with Gasteiger partial charge in [-0.25, -0.2) is 0 Å². The Bertz CT molecular complexity index is 378. The maximum Gasteiger partial charge on any atom is 0.118 e. The molecule has 0 saturated heterocycles. The summed E-state index contributed by atoms with van der Waals surface area (Å²) in [6.07, 6.45) is 6.89. The molecule has 0 atom stereocenters. The Hall–Kier alpha value is -0.800. The molecule has 0 unspecified atom stereocenters. The summed E-state index contributed by atoms with van der Waals surface area (Å²) in [6.45, 7) is 7.08. The highest BCUT2D eigenvalue weighted by Crippen LogP contribution is 2.42. The van der Waals surface area contributed by atoms with Gasteiger partial charge in [0.05, 0.1) is 13.1 Å². The molecule has 3 heteroatoms. The Morgan fingerprint density at radius 2 is 1.95 bits per heavy atom. The van der Waals surface area contributed by atoms with E-state index in [-0.39, 0.29) is 0 Å². The quantitative estimate of drug-likeness (QED) is 0.793. The van der Waals surface area contributed by atoms with E-state index in [1.807, 2.05) is 12.1 Å². The topological polar surface area (TPSA) is 51.2 Å². The van der Waals surface area contributed by atoms with Gasteiger partial charge >= 0.3 is 0 Å². The van der Waals surface area contributed by atoms with Crippen LogP contribution < -0.4 is 11.1 Å².